The summed E-state index contributed by atoms with van der Waals surface area (Å²) in [5.74, 6) is -0.720. The predicted octanol–water partition coefficient (Wildman–Crippen LogP) is 6.07. The van der Waals surface area contributed by atoms with Crippen molar-refractivity contribution in [3.8, 4) is 22.5 Å². The molecule has 0 amide bonds. The van der Waals surface area contributed by atoms with E-state index in [1.165, 1.54) is 6.07 Å². The van der Waals surface area contributed by atoms with Gasteiger partial charge in [0.25, 0.3) is 0 Å². The van der Waals surface area contributed by atoms with Gasteiger partial charge >= 0.3 is 5.97 Å². The van der Waals surface area contributed by atoms with Gasteiger partial charge in [-0.25, -0.2) is 14.4 Å². The van der Waals surface area contributed by atoms with Crippen LogP contribution in [-0.4, -0.2) is 26.0 Å². The minimum atomic E-state index is -0.775. The van der Waals surface area contributed by atoms with E-state index >= 15 is 0 Å². The number of halogens is 1. The number of aliphatic carboxylic acids is 1. The number of aryl methyl sites for hydroxylation is 3. The SMILES string of the molecule is Cc1cnc(-c2cc(C)c(-c3ccc(F)c(CNc4ccc([C@H]5C[C@@H]5C(=O)O)nc4)c3)c(C)c2)nc1. The molecule has 0 saturated heterocycles. The first-order valence-electron chi connectivity index (χ1n) is 11.9. The summed E-state index contributed by atoms with van der Waals surface area (Å²) in [6, 6.07) is 13.0. The molecule has 36 heavy (non-hydrogen) atoms. The van der Waals surface area contributed by atoms with Crippen LogP contribution in [0.1, 0.15) is 40.3 Å². The van der Waals surface area contributed by atoms with Crippen molar-refractivity contribution in [2.45, 2.75) is 39.7 Å². The van der Waals surface area contributed by atoms with E-state index in [4.69, 9.17) is 5.11 Å². The summed E-state index contributed by atoms with van der Waals surface area (Å²) in [4.78, 5) is 24.4. The van der Waals surface area contributed by atoms with Gasteiger partial charge in [0, 0.05) is 41.7 Å². The van der Waals surface area contributed by atoms with Gasteiger partial charge in [0.2, 0.25) is 0 Å². The van der Waals surface area contributed by atoms with E-state index in [9.17, 15) is 9.18 Å². The molecule has 0 radical (unpaired) electrons. The van der Waals surface area contributed by atoms with Crippen molar-refractivity contribution in [3.63, 3.8) is 0 Å². The normalized spacial score (nSPS) is 16.6. The Balaban J connectivity index is 1.34. The summed E-state index contributed by atoms with van der Waals surface area (Å²) in [7, 11) is 0. The largest absolute Gasteiger partial charge is 0.481 e. The molecule has 7 heteroatoms. The molecule has 4 aromatic rings. The fourth-order valence-electron chi connectivity index (χ4n) is 4.68. The van der Waals surface area contributed by atoms with Gasteiger partial charge in [-0.05, 0) is 91.4 Å². The summed E-state index contributed by atoms with van der Waals surface area (Å²) in [6.45, 7) is 6.35. The van der Waals surface area contributed by atoms with E-state index in [0.717, 1.165) is 44.8 Å². The molecule has 0 aliphatic heterocycles. The molecule has 2 aromatic heterocycles. The number of nitrogens with one attached hydrogen (secondary N) is 1. The topological polar surface area (TPSA) is 88.0 Å². The lowest BCUT2D eigenvalue weighted by Crippen LogP contribution is -2.04. The summed E-state index contributed by atoms with van der Waals surface area (Å²) in [5, 5.41) is 12.3. The third-order valence-corrected chi connectivity index (χ3v) is 6.66. The van der Waals surface area contributed by atoms with Gasteiger partial charge in [-0.3, -0.25) is 9.78 Å². The Morgan fingerprint density at radius 1 is 0.972 bits per heavy atom. The average molecular weight is 483 g/mol. The van der Waals surface area contributed by atoms with E-state index in [2.05, 4.69) is 32.4 Å². The molecule has 182 valence electrons. The highest BCUT2D eigenvalue weighted by Crippen LogP contribution is 2.46. The lowest BCUT2D eigenvalue weighted by Gasteiger charge is -2.15. The highest BCUT2D eigenvalue weighted by Gasteiger charge is 2.45. The van der Waals surface area contributed by atoms with Gasteiger partial charge in [0.05, 0.1) is 17.8 Å². The van der Waals surface area contributed by atoms with Crippen LogP contribution in [0.5, 0.6) is 0 Å². The van der Waals surface area contributed by atoms with Crippen molar-refractivity contribution < 1.29 is 14.3 Å². The van der Waals surface area contributed by atoms with E-state index in [1.807, 2.05) is 51.4 Å². The fraction of sp³-hybridized carbons (Fsp3) is 0.241. The second-order valence-electron chi connectivity index (χ2n) is 9.49. The first-order valence-corrected chi connectivity index (χ1v) is 11.9. The fourth-order valence-corrected chi connectivity index (χ4v) is 4.68. The Hall–Kier alpha value is -4.13. The number of benzene rings is 2. The smallest absolute Gasteiger partial charge is 0.307 e. The predicted molar refractivity (Wildman–Crippen MR) is 137 cm³/mol. The Morgan fingerprint density at radius 2 is 1.69 bits per heavy atom. The Bertz CT molecular complexity index is 1410. The molecular formula is C29H27FN4O2. The Kier molecular flexibility index (Phi) is 6.22. The van der Waals surface area contributed by atoms with Gasteiger partial charge in [-0.2, -0.15) is 0 Å². The van der Waals surface area contributed by atoms with Crippen LogP contribution in [0.4, 0.5) is 10.1 Å². The van der Waals surface area contributed by atoms with Gasteiger partial charge < -0.3 is 10.4 Å². The first-order chi connectivity index (χ1) is 17.3. The van der Waals surface area contributed by atoms with E-state index in [0.29, 0.717) is 24.4 Å². The average Bonchev–Trinajstić information content (AvgIpc) is 3.66. The van der Waals surface area contributed by atoms with Gasteiger partial charge in [-0.1, -0.05) is 6.07 Å². The lowest BCUT2D eigenvalue weighted by atomic mass is 9.92. The minimum Gasteiger partial charge on any atom is -0.481 e. The van der Waals surface area contributed by atoms with Crippen molar-refractivity contribution >= 4 is 11.7 Å². The molecule has 6 nitrogen and oxygen atoms in total. The maximum atomic E-state index is 14.7. The number of nitrogens with zero attached hydrogens (tertiary/aromatic N) is 3. The van der Waals surface area contributed by atoms with Crippen LogP contribution in [-0.2, 0) is 11.3 Å². The number of hydrogen-bond acceptors (Lipinski definition) is 5. The van der Waals surface area contributed by atoms with Crippen LogP contribution in [0, 0.1) is 32.5 Å². The summed E-state index contributed by atoms with van der Waals surface area (Å²) in [6.07, 6.45) is 5.92. The molecule has 1 saturated carbocycles. The van der Waals surface area contributed by atoms with Crippen molar-refractivity contribution in [1.82, 2.24) is 15.0 Å². The number of carboxylic acids is 1. The van der Waals surface area contributed by atoms with E-state index in [1.54, 1.807) is 12.3 Å². The van der Waals surface area contributed by atoms with Crippen LogP contribution in [0.3, 0.4) is 0 Å². The van der Waals surface area contributed by atoms with Crippen molar-refractivity contribution in [1.29, 1.82) is 0 Å². The van der Waals surface area contributed by atoms with Crippen LogP contribution in [0.2, 0.25) is 0 Å². The molecule has 0 unspecified atom stereocenters. The molecule has 1 aliphatic carbocycles. The highest BCUT2D eigenvalue weighted by atomic mass is 19.1. The number of aromatic nitrogens is 3. The molecular weight excluding hydrogens is 455 g/mol. The second-order valence-corrected chi connectivity index (χ2v) is 9.49. The molecule has 0 bridgehead atoms. The van der Waals surface area contributed by atoms with Gasteiger partial charge in [-0.15, -0.1) is 0 Å². The summed E-state index contributed by atoms with van der Waals surface area (Å²) in [5.41, 5.74) is 8.20. The second kappa shape index (κ2) is 9.49. The Morgan fingerprint density at radius 3 is 2.31 bits per heavy atom. The van der Waals surface area contributed by atoms with E-state index < -0.39 is 5.97 Å². The molecule has 2 heterocycles. The first kappa shape index (κ1) is 23.6. The third-order valence-electron chi connectivity index (χ3n) is 6.66. The van der Waals surface area contributed by atoms with Gasteiger partial charge in [0.1, 0.15) is 5.82 Å². The quantitative estimate of drug-likeness (QED) is 0.332. The van der Waals surface area contributed by atoms with Crippen LogP contribution >= 0.6 is 0 Å². The van der Waals surface area contributed by atoms with Crippen molar-refractivity contribution in [2.24, 2.45) is 5.92 Å². The number of pyridine rings is 1. The number of hydrogen-bond donors (Lipinski definition) is 2. The monoisotopic (exact) mass is 482 g/mol. The zero-order valence-electron chi connectivity index (χ0n) is 20.4. The Labute approximate surface area is 209 Å². The van der Waals surface area contributed by atoms with Crippen LogP contribution in [0.15, 0.2) is 61.1 Å². The standard InChI is InChI=1S/C29H27FN4O2/c1-16-12-33-28(34-13-16)20-8-17(2)27(18(3)9-20)19-4-6-25(30)21(10-19)14-31-22-5-7-26(32-15-22)23-11-24(23)29(35)36/h4-10,12-13,15,23-24,31H,11,14H2,1-3H3,(H,35,36)/t23-,24-/m0/s1. The zero-order valence-corrected chi connectivity index (χ0v) is 20.4. The molecule has 1 aliphatic rings. The zero-order chi connectivity index (χ0) is 25.4. The number of carboxylic acid groups (broad SMARTS) is 1. The summed E-state index contributed by atoms with van der Waals surface area (Å²) < 4.78 is 14.7. The number of rotatable bonds is 7. The molecule has 5 rings (SSSR count). The van der Waals surface area contributed by atoms with Crippen molar-refractivity contribution in [2.75, 3.05) is 5.32 Å². The molecule has 1 fully saturated rings. The minimum absolute atomic E-state index is 0.0129. The third kappa shape index (κ3) is 4.82. The maximum Gasteiger partial charge on any atom is 0.307 e. The summed E-state index contributed by atoms with van der Waals surface area (Å²) >= 11 is 0. The number of carbonyl (C=O) groups is 1. The highest BCUT2D eigenvalue weighted by molar-refractivity contribution is 5.76. The molecule has 0 spiro atoms. The van der Waals surface area contributed by atoms with E-state index in [-0.39, 0.29) is 17.7 Å². The number of anilines is 1. The maximum absolute atomic E-state index is 14.7. The van der Waals surface area contributed by atoms with Crippen LogP contribution in [0.25, 0.3) is 22.5 Å². The molecule has 2 atom stereocenters. The van der Waals surface area contributed by atoms with Crippen molar-refractivity contribution in [3.05, 3.63) is 94.8 Å². The van der Waals surface area contributed by atoms with Gasteiger partial charge in [0.15, 0.2) is 5.82 Å². The lowest BCUT2D eigenvalue weighted by molar-refractivity contribution is -0.138. The molecule has 2 aromatic carbocycles. The molecule has 2 N–H and O–H groups in total. The van der Waals surface area contributed by atoms with Crippen LogP contribution < -0.4 is 5.32 Å².